The van der Waals surface area contributed by atoms with Crippen molar-refractivity contribution in [2.45, 2.75) is 6.92 Å². The van der Waals surface area contributed by atoms with E-state index in [4.69, 9.17) is 0 Å². The second-order valence-electron chi connectivity index (χ2n) is 3.68. The maximum absolute atomic E-state index is 11.4. The number of aromatic nitrogens is 2. The second-order valence-corrected chi connectivity index (χ2v) is 4.63. The van der Waals surface area contributed by atoms with Crippen molar-refractivity contribution in [3.63, 3.8) is 0 Å². The molecule has 0 bridgehead atoms. The first-order chi connectivity index (χ1) is 8.99. The Kier molecular flexibility index (Phi) is 3.43. The first-order valence-electron chi connectivity index (χ1n) is 5.19. The van der Waals surface area contributed by atoms with Gasteiger partial charge in [-0.05, 0) is 36.1 Å². The monoisotopic (exact) mass is 279 g/mol. The van der Waals surface area contributed by atoms with Gasteiger partial charge < -0.3 is 10.1 Å². The Morgan fingerprint density at radius 3 is 2.79 bits per heavy atom. The molecule has 0 atom stereocenters. The molecule has 19 heavy (non-hydrogen) atoms. The minimum Gasteiger partial charge on any atom is -0.488 e. The average molecular weight is 279 g/mol. The van der Waals surface area contributed by atoms with Gasteiger partial charge in [-0.2, -0.15) is 4.98 Å². The summed E-state index contributed by atoms with van der Waals surface area (Å²) in [4.78, 5) is 27.7. The van der Waals surface area contributed by atoms with E-state index in [0.717, 1.165) is 10.4 Å². The summed E-state index contributed by atoms with van der Waals surface area (Å²) in [6, 6.07) is 1.94. The average Bonchev–Trinajstić information content (AvgIpc) is 2.70. The molecule has 98 valence electrons. The lowest BCUT2D eigenvalue weighted by Gasteiger charge is -1.96. The van der Waals surface area contributed by atoms with Gasteiger partial charge in [-0.3, -0.25) is 14.9 Å². The van der Waals surface area contributed by atoms with E-state index in [1.54, 1.807) is 6.08 Å². The van der Waals surface area contributed by atoms with Gasteiger partial charge in [-0.1, -0.05) is 0 Å². The fourth-order valence-electron chi connectivity index (χ4n) is 1.43. The lowest BCUT2D eigenvalue weighted by Crippen LogP contribution is -2.14. The molecule has 0 saturated carbocycles. The Balaban J connectivity index is 2.38. The zero-order chi connectivity index (χ0) is 14.0. The maximum Gasteiger partial charge on any atom is 0.395 e. The number of aromatic amines is 1. The van der Waals surface area contributed by atoms with E-state index in [2.05, 4.69) is 9.97 Å². The van der Waals surface area contributed by atoms with E-state index in [1.165, 1.54) is 17.4 Å². The Morgan fingerprint density at radius 2 is 2.26 bits per heavy atom. The lowest BCUT2D eigenvalue weighted by molar-refractivity contribution is -0.387. The predicted molar refractivity (Wildman–Crippen MR) is 71.2 cm³/mol. The Hall–Kier alpha value is -2.48. The van der Waals surface area contributed by atoms with E-state index < -0.39 is 22.0 Å². The molecule has 0 aliphatic heterocycles. The fraction of sp³-hybridized carbons (Fsp3) is 0.0909. The first kappa shape index (κ1) is 13.0. The van der Waals surface area contributed by atoms with Crippen LogP contribution in [0.2, 0.25) is 0 Å². The summed E-state index contributed by atoms with van der Waals surface area (Å²) in [5.41, 5.74) is -0.876. The third-order valence-corrected chi connectivity index (χ3v) is 3.36. The number of nitrogens with one attached hydrogen (secondary N) is 1. The molecule has 7 nitrogen and oxygen atoms in total. The van der Waals surface area contributed by atoms with Crippen molar-refractivity contribution in [2.75, 3.05) is 0 Å². The van der Waals surface area contributed by atoms with Gasteiger partial charge >= 0.3 is 11.2 Å². The molecular formula is C11H9N3O4S. The van der Waals surface area contributed by atoms with E-state index in [0.29, 0.717) is 0 Å². The summed E-state index contributed by atoms with van der Waals surface area (Å²) < 4.78 is 0. The topological polar surface area (TPSA) is 109 Å². The summed E-state index contributed by atoms with van der Waals surface area (Å²) in [6.07, 6.45) is 3.19. The summed E-state index contributed by atoms with van der Waals surface area (Å²) >= 11 is 1.51. The third-order valence-electron chi connectivity index (χ3n) is 2.37. The highest BCUT2D eigenvalue weighted by molar-refractivity contribution is 7.11. The molecular weight excluding hydrogens is 270 g/mol. The van der Waals surface area contributed by atoms with Crippen LogP contribution >= 0.6 is 11.3 Å². The molecule has 0 aliphatic carbocycles. The van der Waals surface area contributed by atoms with Gasteiger partial charge in [0, 0.05) is 4.88 Å². The number of aromatic hydroxyl groups is 1. The van der Waals surface area contributed by atoms with Crippen molar-refractivity contribution < 1.29 is 10.0 Å². The van der Waals surface area contributed by atoms with Crippen molar-refractivity contribution in [1.29, 1.82) is 0 Å². The first-order valence-corrected chi connectivity index (χ1v) is 6.07. The summed E-state index contributed by atoms with van der Waals surface area (Å²) in [6.45, 7) is 1.93. The van der Waals surface area contributed by atoms with Crippen LogP contribution < -0.4 is 5.56 Å². The van der Waals surface area contributed by atoms with Crippen LogP contribution in [0.25, 0.3) is 12.2 Å². The summed E-state index contributed by atoms with van der Waals surface area (Å²) in [5.74, 6) is -0.836. The van der Waals surface area contributed by atoms with Crippen molar-refractivity contribution in [3.8, 4) is 5.88 Å². The number of H-pyrrole nitrogens is 1. The molecule has 2 aromatic heterocycles. The van der Waals surface area contributed by atoms with Crippen molar-refractivity contribution in [1.82, 2.24) is 9.97 Å². The van der Waals surface area contributed by atoms with Crippen LogP contribution in [-0.2, 0) is 0 Å². The van der Waals surface area contributed by atoms with Gasteiger partial charge in [0.05, 0.1) is 4.92 Å². The molecule has 2 heterocycles. The van der Waals surface area contributed by atoms with Crippen LogP contribution in [0.15, 0.2) is 16.2 Å². The van der Waals surface area contributed by atoms with Crippen LogP contribution in [0.5, 0.6) is 5.88 Å². The SMILES string of the molecule is Cc1ccsc1C=Cc1nc(O)c([N+](=O)[O-])c(=O)[nH]1. The Bertz CT molecular complexity index is 717. The quantitative estimate of drug-likeness (QED) is 0.659. The largest absolute Gasteiger partial charge is 0.488 e. The van der Waals surface area contributed by atoms with Gasteiger partial charge in [-0.15, -0.1) is 11.3 Å². The van der Waals surface area contributed by atoms with Crippen LogP contribution in [-0.4, -0.2) is 20.0 Å². The van der Waals surface area contributed by atoms with Crippen LogP contribution in [0.1, 0.15) is 16.3 Å². The van der Waals surface area contributed by atoms with Crippen LogP contribution in [0.3, 0.4) is 0 Å². The van der Waals surface area contributed by atoms with E-state index in [1.807, 2.05) is 18.4 Å². The molecule has 0 saturated heterocycles. The second kappa shape index (κ2) is 5.02. The smallest absolute Gasteiger partial charge is 0.395 e. The molecule has 0 unspecified atom stereocenters. The molecule has 0 radical (unpaired) electrons. The summed E-state index contributed by atoms with van der Waals surface area (Å²) in [7, 11) is 0. The normalized spacial score (nSPS) is 11.0. The number of thiophene rings is 1. The van der Waals surface area contributed by atoms with Crippen molar-refractivity contribution in [2.24, 2.45) is 0 Å². The molecule has 0 spiro atoms. The minimum absolute atomic E-state index is 0.0564. The predicted octanol–water partition coefficient (Wildman–Crippen LogP) is 1.92. The zero-order valence-corrected chi connectivity index (χ0v) is 10.6. The standard InChI is InChI=1S/C11H9N3O4S/c1-6-4-5-19-7(6)2-3-8-12-10(15)9(14(17)18)11(16)13-8/h2-5H,1H3,(H2,12,13,15,16). The highest BCUT2D eigenvalue weighted by Crippen LogP contribution is 2.20. The highest BCUT2D eigenvalue weighted by Gasteiger charge is 2.21. The van der Waals surface area contributed by atoms with Gasteiger partial charge in [0.1, 0.15) is 5.82 Å². The zero-order valence-electron chi connectivity index (χ0n) is 9.78. The molecule has 2 aromatic rings. The van der Waals surface area contributed by atoms with Gasteiger partial charge in [-0.25, -0.2) is 0 Å². The van der Waals surface area contributed by atoms with Crippen LogP contribution in [0, 0.1) is 17.0 Å². The van der Waals surface area contributed by atoms with Crippen molar-refractivity contribution >= 4 is 29.2 Å². The van der Waals surface area contributed by atoms with E-state index in [-0.39, 0.29) is 5.82 Å². The maximum atomic E-state index is 11.4. The number of nitro groups is 1. The molecule has 2 N–H and O–H groups in total. The van der Waals surface area contributed by atoms with Crippen molar-refractivity contribution in [3.05, 3.63) is 48.2 Å². The number of aryl methyl sites for hydroxylation is 1. The molecule has 8 heteroatoms. The van der Waals surface area contributed by atoms with Gasteiger partial charge in [0.15, 0.2) is 0 Å². The molecule has 2 rings (SSSR count). The highest BCUT2D eigenvalue weighted by atomic mass is 32.1. The van der Waals surface area contributed by atoms with Crippen LogP contribution in [0.4, 0.5) is 5.69 Å². The molecule has 0 fully saturated rings. The van der Waals surface area contributed by atoms with E-state index >= 15 is 0 Å². The van der Waals surface area contributed by atoms with E-state index in [9.17, 15) is 20.0 Å². The molecule has 0 aromatic carbocycles. The van der Waals surface area contributed by atoms with Gasteiger partial charge in [0.2, 0.25) is 0 Å². The Labute approximate surface area is 111 Å². The Morgan fingerprint density at radius 1 is 1.53 bits per heavy atom. The number of hydrogen-bond acceptors (Lipinski definition) is 6. The minimum atomic E-state index is -0.986. The van der Waals surface area contributed by atoms with Gasteiger partial charge in [0.25, 0.3) is 5.88 Å². The molecule has 0 aliphatic rings. The number of hydrogen-bond donors (Lipinski definition) is 2. The summed E-state index contributed by atoms with van der Waals surface area (Å²) in [5, 5.41) is 21.8. The third kappa shape index (κ3) is 2.68. The fourth-order valence-corrected chi connectivity index (χ4v) is 2.24. The molecule has 0 amide bonds. The number of nitrogens with zero attached hydrogens (tertiary/aromatic N) is 2. The lowest BCUT2D eigenvalue weighted by atomic mass is 10.3. The number of rotatable bonds is 3.